The zero-order valence-corrected chi connectivity index (χ0v) is 8.63. The molecule has 1 nitrogen and oxygen atoms in total. The number of rotatable bonds is 2. The van der Waals surface area contributed by atoms with Gasteiger partial charge >= 0.3 is 0 Å². The number of hydrogen-bond donors (Lipinski definition) is 1. The van der Waals surface area contributed by atoms with Crippen LogP contribution in [0.25, 0.3) is 0 Å². The van der Waals surface area contributed by atoms with Gasteiger partial charge in [-0.1, -0.05) is 30.3 Å². The van der Waals surface area contributed by atoms with E-state index in [2.05, 4.69) is 37.3 Å². The second kappa shape index (κ2) is 4.12. The molecule has 1 aromatic carbocycles. The highest BCUT2D eigenvalue weighted by molar-refractivity contribution is 5.85. The number of halogens is 1. The second-order valence-electron chi connectivity index (χ2n) is 3.78. The molecule has 1 aromatic rings. The molecule has 1 aliphatic rings. The van der Waals surface area contributed by atoms with Crippen molar-refractivity contribution in [3.8, 4) is 0 Å². The average Bonchev–Trinajstić information content (AvgIpc) is 2.84. The fourth-order valence-electron chi connectivity index (χ4n) is 1.88. The Labute approximate surface area is 85.7 Å². The molecule has 0 spiro atoms. The van der Waals surface area contributed by atoms with Crippen LogP contribution in [0, 0.1) is 5.92 Å². The van der Waals surface area contributed by atoms with Crippen LogP contribution < -0.4 is 5.73 Å². The Kier molecular flexibility index (Phi) is 3.34. The van der Waals surface area contributed by atoms with Crippen molar-refractivity contribution in [2.24, 2.45) is 11.7 Å². The summed E-state index contributed by atoms with van der Waals surface area (Å²) < 4.78 is 0. The fourth-order valence-corrected chi connectivity index (χ4v) is 1.88. The highest BCUT2D eigenvalue weighted by Gasteiger charge is 2.40. The van der Waals surface area contributed by atoms with E-state index in [0.29, 0.717) is 6.04 Å². The van der Waals surface area contributed by atoms with Crippen molar-refractivity contribution >= 4 is 12.4 Å². The summed E-state index contributed by atoms with van der Waals surface area (Å²) in [6, 6.07) is 11.0. The Bertz CT molecular complexity index is 258. The van der Waals surface area contributed by atoms with Crippen molar-refractivity contribution in [3.63, 3.8) is 0 Å². The van der Waals surface area contributed by atoms with Gasteiger partial charge in [-0.3, -0.25) is 0 Å². The maximum Gasteiger partial charge on any atom is 0.00448 e. The third-order valence-corrected chi connectivity index (χ3v) is 2.74. The van der Waals surface area contributed by atoms with Gasteiger partial charge in [0.2, 0.25) is 0 Å². The van der Waals surface area contributed by atoms with E-state index in [1.807, 2.05) is 0 Å². The second-order valence-corrected chi connectivity index (χ2v) is 3.78. The molecular weight excluding hydrogens is 182 g/mol. The van der Waals surface area contributed by atoms with Gasteiger partial charge in [0.1, 0.15) is 0 Å². The largest absolute Gasteiger partial charge is 0.328 e. The lowest BCUT2D eigenvalue weighted by molar-refractivity contribution is 0.631. The first-order chi connectivity index (χ1) is 5.79. The van der Waals surface area contributed by atoms with Crippen LogP contribution in [0.4, 0.5) is 0 Å². The minimum atomic E-state index is 0. The molecule has 2 heteroatoms. The molecule has 72 valence electrons. The Morgan fingerprint density at radius 3 is 2.38 bits per heavy atom. The van der Waals surface area contributed by atoms with Gasteiger partial charge in [0.05, 0.1) is 0 Å². The standard InChI is InChI=1S/C11H15N.ClH/c1-8(12)10-7-11(10)9-5-3-2-4-6-9;/h2-6,8,10-11H,7,12H2,1H3;1H/t8?,10-,11-;/m0./s1. The van der Waals surface area contributed by atoms with Gasteiger partial charge in [-0.2, -0.15) is 0 Å². The zero-order chi connectivity index (χ0) is 8.55. The Hall–Kier alpha value is -0.530. The molecule has 0 radical (unpaired) electrons. The van der Waals surface area contributed by atoms with E-state index < -0.39 is 0 Å². The van der Waals surface area contributed by atoms with E-state index in [0.717, 1.165) is 11.8 Å². The Morgan fingerprint density at radius 2 is 1.92 bits per heavy atom. The molecule has 2 N–H and O–H groups in total. The van der Waals surface area contributed by atoms with Crippen LogP contribution in [-0.2, 0) is 0 Å². The monoisotopic (exact) mass is 197 g/mol. The molecular formula is C11H16ClN. The van der Waals surface area contributed by atoms with Crippen molar-refractivity contribution in [2.45, 2.75) is 25.3 Å². The van der Waals surface area contributed by atoms with Crippen LogP contribution in [0.5, 0.6) is 0 Å². The van der Waals surface area contributed by atoms with Crippen LogP contribution in [-0.4, -0.2) is 6.04 Å². The number of hydrogen-bond acceptors (Lipinski definition) is 1. The summed E-state index contributed by atoms with van der Waals surface area (Å²) in [4.78, 5) is 0. The van der Waals surface area contributed by atoms with Gasteiger partial charge in [0.25, 0.3) is 0 Å². The maximum atomic E-state index is 5.83. The van der Waals surface area contributed by atoms with Crippen molar-refractivity contribution in [1.82, 2.24) is 0 Å². The normalized spacial score (nSPS) is 27.5. The number of benzene rings is 1. The third-order valence-electron chi connectivity index (χ3n) is 2.74. The molecule has 0 saturated heterocycles. The molecule has 1 aliphatic carbocycles. The highest BCUT2D eigenvalue weighted by atomic mass is 35.5. The Balaban J connectivity index is 0.000000845. The predicted octanol–water partition coefficient (Wildman–Crippen LogP) is 2.56. The van der Waals surface area contributed by atoms with Gasteiger partial charge in [0.15, 0.2) is 0 Å². The van der Waals surface area contributed by atoms with Crippen molar-refractivity contribution in [1.29, 1.82) is 0 Å². The summed E-state index contributed by atoms with van der Waals surface area (Å²) in [6.45, 7) is 2.10. The first-order valence-electron chi connectivity index (χ1n) is 4.59. The van der Waals surface area contributed by atoms with Crippen LogP contribution in [0.2, 0.25) is 0 Å². The topological polar surface area (TPSA) is 26.0 Å². The lowest BCUT2D eigenvalue weighted by Gasteiger charge is -2.02. The van der Waals surface area contributed by atoms with Crippen molar-refractivity contribution in [2.75, 3.05) is 0 Å². The van der Waals surface area contributed by atoms with E-state index in [1.54, 1.807) is 0 Å². The molecule has 0 heterocycles. The number of nitrogens with two attached hydrogens (primary N) is 1. The lowest BCUT2D eigenvalue weighted by Crippen LogP contribution is -2.17. The zero-order valence-electron chi connectivity index (χ0n) is 7.81. The molecule has 0 aromatic heterocycles. The van der Waals surface area contributed by atoms with E-state index >= 15 is 0 Å². The summed E-state index contributed by atoms with van der Waals surface area (Å²) in [7, 11) is 0. The smallest absolute Gasteiger partial charge is 0.00448 e. The van der Waals surface area contributed by atoms with E-state index in [-0.39, 0.29) is 12.4 Å². The molecule has 0 aliphatic heterocycles. The van der Waals surface area contributed by atoms with Crippen LogP contribution in [0.1, 0.15) is 24.8 Å². The summed E-state index contributed by atoms with van der Waals surface area (Å²) in [5, 5.41) is 0. The van der Waals surface area contributed by atoms with Crippen LogP contribution >= 0.6 is 12.4 Å². The van der Waals surface area contributed by atoms with E-state index in [1.165, 1.54) is 12.0 Å². The SMILES string of the molecule is CC(N)[C@@H]1C[C@H]1c1ccccc1.Cl. The molecule has 1 unspecified atom stereocenters. The molecule has 13 heavy (non-hydrogen) atoms. The lowest BCUT2D eigenvalue weighted by atomic mass is 10.1. The van der Waals surface area contributed by atoms with Crippen molar-refractivity contribution < 1.29 is 0 Å². The molecule has 2 rings (SSSR count). The minimum absolute atomic E-state index is 0. The molecule has 0 amide bonds. The quantitative estimate of drug-likeness (QED) is 0.775. The predicted molar refractivity (Wildman–Crippen MR) is 58.2 cm³/mol. The first-order valence-corrected chi connectivity index (χ1v) is 4.59. The van der Waals surface area contributed by atoms with Gasteiger partial charge < -0.3 is 5.73 Å². The first kappa shape index (κ1) is 10.6. The van der Waals surface area contributed by atoms with Gasteiger partial charge in [-0.05, 0) is 30.7 Å². The van der Waals surface area contributed by atoms with Crippen LogP contribution in [0.15, 0.2) is 30.3 Å². The summed E-state index contributed by atoms with van der Waals surface area (Å²) in [5.41, 5.74) is 7.28. The maximum absolute atomic E-state index is 5.83. The summed E-state index contributed by atoms with van der Waals surface area (Å²) in [6.07, 6.45) is 1.28. The molecule has 0 bridgehead atoms. The minimum Gasteiger partial charge on any atom is -0.328 e. The molecule has 1 fully saturated rings. The van der Waals surface area contributed by atoms with Gasteiger partial charge in [0, 0.05) is 6.04 Å². The fraction of sp³-hybridized carbons (Fsp3) is 0.455. The average molecular weight is 198 g/mol. The van der Waals surface area contributed by atoms with Gasteiger partial charge in [-0.15, -0.1) is 12.4 Å². The summed E-state index contributed by atoms with van der Waals surface area (Å²) >= 11 is 0. The van der Waals surface area contributed by atoms with E-state index in [4.69, 9.17) is 5.73 Å². The van der Waals surface area contributed by atoms with Gasteiger partial charge in [-0.25, -0.2) is 0 Å². The highest BCUT2D eigenvalue weighted by Crippen LogP contribution is 2.48. The van der Waals surface area contributed by atoms with Crippen molar-refractivity contribution in [3.05, 3.63) is 35.9 Å². The van der Waals surface area contributed by atoms with E-state index in [9.17, 15) is 0 Å². The van der Waals surface area contributed by atoms with Crippen LogP contribution in [0.3, 0.4) is 0 Å². The summed E-state index contributed by atoms with van der Waals surface area (Å²) in [5.74, 6) is 1.47. The molecule has 1 saturated carbocycles. The Morgan fingerprint density at radius 1 is 1.31 bits per heavy atom. The third kappa shape index (κ3) is 2.23. The molecule has 3 atom stereocenters.